The lowest BCUT2D eigenvalue weighted by Crippen LogP contribution is -2.44. The highest BCUT2D eigenvalue weighted by atomic mass is 35.5. The third kappa shape index (κ3) is 2.88. The van der Waals surface area contributed by atoms with Gasteiger partial charge >= 0.3 is 0 Å². The Kier molecular flexibility index (Phi) is 4.10. The van der Waals surface area contributed by atoms with Crippen LogP contribution in [0.25, 0.3) is 11.5 Å². The van der Waals surface area contributed by atoms with E-state index >= 15 is 0 Å². The lowest BCUT2D eigenvalue weighted by Gasteiger charge is -2.30. The summed E-state index contributed by atoms with van der Waals surface area (Å²) in [5.74, 6) is 1.74. The van der Waals surface area contributed by atoms with E-state index in [2.05, 4.69) is 27.4 Å². The molecule has 1 fully saturated rings. The molecule has 0 saturated carbocycles. The second kappa shape index (κ2) is 6.01. The summed E-state index contributed by atoms with van der Waals surface area (Å²) < 4.78 is 10.7. The smallest absolute Gasteiger partial charge is 0.261 e. The molecule has 0 amide bonds. The maximum atomic E-state index is 5.97. The zero-order valence-corrected chi connectivity index (χ0v) is 12.7. The number of ether oxygens (including phenoxy) is 1. The first-order chi connectivity index (χ1) is 10.2. The molecule has 7 heteroatoms. The summed E-state index contributed by atoms with van der Waals surface area (Å²) in [4.78, 5) is 6.72. The van der Waals surface area contributed by atoms with Gasteiger partial charge in [0.15, 0.2) is 5.82 Å². The van der Waals surface area contributed by atoms with Gasteiger partial charge in [-0.15, -0.1) is 0 Å². The van der Waals surface area contributed by atoms with E-state index in [0.29, 0.717) is 22.5 Å². The van der Waals surface area contributed by atoms with Gasteiger partial charge in [0.05, 0.1) is 18.7 Å². The van der Waals surface area contributed by atoms with Crippen LogP contribution >= 0.6 is 11.6 Å². The standard InChI is InChI=1S/C14H17ClN4O2/c1-19-6-5-16-8-11(19)13-17-14(21-18-13)10-4-3-9(15)7-12(10)20-2/h3-4,7,11,16H,5-6,8H2,1-2H3. The van der Waals surface area contributed by atoms with Crippen molar-refractivity contribution in [2.75, 3.05) is 33.8 Å². The Hall–Kier alpha value is -1.63. The van der Waals surface area contributed by atoms with E-state index in [1.54, 1.807) is 19.2 Å². The van der Waals surface area contributed by atoms with E-state index in [4.69, 9.17) is 20.9 Å². The average molecular weight is 309 g/mol. The number of benzene rings is 1. The number of rotatable bonds is 3. The fourth-order valence-corrected chi connectivity index (χ4v) is 2.58. The largest absolute Gasteiger partial charge is 0.496 e. The lowest BCUT2D eigenvalue weighted by molar-refractivity contribution is 0.190. The SMILES string of the molecule is COc1cc(Cl)ccc1-c1nc(C2CNCCN2C)no1. The van der Waals surface area contributed by atoms with Crippen LogP contribution in [0.3, 0.4) is 0 Å². The summed E-state index contributed by atoms with van der Waals surface area (Å²) in [6.07, 6.45) is 0. The fourth-order valence-electron chi connectivity index (χ4n) is 2.42. The summed E-state index contributed by atoms with van der Waals surface area (Å²) in [6, 6.07) is 5.45. The highest BCUT2D eigenvalue weighted by molar-refractivity contribution is 6.30. The van der Waals surface area contributed by atoms with Crippen LogP contribution in [-0.4, -0.2) is 48.8 Å². The van der Waals surface area contributed by atoms with Gasteiger partial charge in [0.2, 0.25) is 0 Å². The Morgan fingerprint density at radius 3 is 3.10 bits per heavy atom. The van der Waals surface area contributed by atoms with Gasteiger partial charge in [0, 0.05) is 24.7 Å². The third-order valence-electron chi connectivity index (χ3n) is 3.64. The molecule has 1 aromatic heterocycles. The van der Waals surface area contributed by atoms with Crippen molar-refractivity contribution in [3.63, 3.8) is 0 Å². The van der Waals surface area contributed by atoms with Crippen LogP contribution in [0.1, 0.15) is 11.9 Å². The van der Waals surface area contributed by atoms with Gasteiger partial charge in [-0.25, -0.2) is 0 Å². The molecule has 21 heavy (non-hydrogen) atoms. The first-order valence-electron chi connectivity index (χ1n) is 6.77. The fraction of sp³-hybridized carbons (Fsp3) is 0.429. The molecule has 3 rings (SSSR count). The average Bonchev–Trinajstić information content (AvgIpc) is 2.97. The highest BCUT2D eigenvalue weighted by Gasteiger charge is 2.26. The first-order valence-corrected chi connectivity index (χ1v) is 7.15. The Labute approximate surface area is 128 Å². The summed E-state index contributed by atoms with van der Waals surface area (Å²) in [7, 11) is 3.65. The second-order valence-corrected chi connectivity index (χ2v) is 5.44. The molecule has 1 unspecified atom stereocenters. The number of nitrogens with zero attached hydrogens (tertiary/aromatic N) is 3. The zero-order valence-electron chi connectivity index (χ0n) is 12.0. The normalized spacial score (nSPS) is 19.7. The van der Waals surface area contributed by atoms with Crippen molar-refractivity contribution < 1.29 is 9.26 Å². The van der Waals surface area contributed by atoms with Crippen LogP contribution in [0.4, 0.5) is 0 Å². The van der Waals surface area contributed by atoms with Crippen LogP contribution in [0.5, 0.6) is 5.75 Å². The van der Waals surface area contributed by atoms with Crippen LogP contribution in [0, 0.1) is 0 Å². The third-order valence-corrected chi connectivity index (χ3v) is 3.88. The van der Waals surface area contributed by atoms with Crippen molar-refractivity contribution in [2.45, 2.75) is 6.04 Å². The van der Waals surface area contributed by atoms with Crippen molar-refractivity contribution in [1.29, 1.82) is 0 Å². The molecule has 1 atom stereocenters. The molecular weight excluding hydrogens is 292 g/mol. The minimum absolute atomic E-state index is 0.120. The van der Waals surface area contributed by atoms with Crippen molar-refractivity contribution in [1.82, 2.24) is 20.4 Å². The van der Waals surface area contributed by atoms with Crippen molar-refractivity contribution in [3.8, 4) is 17.2 Å². The maximum absolute atomic E-state index is 5.97. The van der Waals surface area contributed by atoms with Gasteiger partial charge in [-0.3, -0.25) is 4.90 Å². The summed E-state index contributed by atoms with van der Waals surface area (Å²) in [6.45, 7) is 2.74. The Morgan fingerprint density at radius 2 is 2.33 bits per heavy atom. The van der Waals surface area contributed by atoms with E-state index < -0.39 is 0 Å². The molecule has 1 aliphatic heterocycles. The predicted molar refractivity (Wildman–Crippen MR) is 79.5 cm³/mol. The van der Waals surface area contributed by atoms with Crippen LogP contribution < -0.4 is 10.1 Å². The Morgan fingerprint density at radius 1 is 1.48 bits per heavy atom. The topological polar surface area (TPSA) is 63.4 Å². The van der Waals surface area contributed by atoms with Gasteiger partial charge in [-0.05, 0) is 25.2 Å². The molecule has 1 aromatic carbocycles. The summed E-state index contributed by atoms with van der Waals surface area (Å²) in [5.41, 5.74) is 0.743. The molecule has 1 aliphatic rings. The monoisotopic (exact) mass is 308 g/mol. The molecule has 1 saturated heterocycles. The van der Waals surface area contributed by atoms with Gasteiger partial charge in [-0.1, -0.05) is 16.8 Å². The number of nitrogens with one attached hydrogen (secondary N) is 1. The van der Waals surface area contributed by atoms with Gasteiger partial charge < -0.3 is 14.6 Å². The van der Waals surface area contributed by atoms with Crippen LogP contribution in [0.15, 0.2) is 22.7 Å². The highest BCUT2D eigenvalue weighted by Crippen LogP contribution is 2.32. The molecule has 0 bridgehead atoms. The summed E-state index contributed by atoms with van der Waals surface area (Å²) in [5, 5.41) is 8.05. The van der Waals surface area contributed by atoms with Gasteiger partial charge in [0.1, 0.15) is 5.75 Å². The number of methoxy groups -OCH3 is 1. The number of aromatic nitrogens is 2. The van der Waals surface area contributed by atoms with Crippen molar-refractivity contribution in [2.24, 2.45) is 0 Å². The number of piperazine rings is 1. The predicted octanol–water partition coefficient (Wildman–Crippen LogP) is 1.97. The van der Waals surface area contributed by atoms with E-state index in [9.17, 15) is 0 Å². The molecular formula is C14H17ClN4O2. The lowest BCUT2D eigenvalue weighted by atomic mass is 10.2. The zero-order chi connectivity index (χ0) is 14.8. The van der Waals surface area contributed by atoms with Gasteiger partial charge in [-0.2, -0.15) is 4.98 Å². The maximum Gasteiger partial charge on any atom is 0.261 e. The molecule has 112 valence electrons. The minimum atomic E-state index is 0.120. The molecule has 2 aromatic rings. The first kappa shape index (κ1) is 14.3. The number of hydrogen-bond acceptors (Lipinski definition) is 6. The van der Waals surface area contributed by atoms with E-state index in [1.807, 2.05) is 6.07 Å². The molecule has 0 radical (unpaired) electrons. The molecule has 1 N–H and O–H groups in total. The summed E-state index contributed by atoms with van der Waals surface area (Å²) >= 11 is 5.97. The van der Waals surface area contributed by atoms with Crippen molar-refractivity contribution >= 4 is 11.6 Å². The number of halogens is 1. The second-order valence-electron chi connectivity index (χ2n) is 5.00. The van der Waals surface area contributed by atoms with E-state index in [-0.39, 0.29) is 6.04 Å². The molecule has 0 spiro atoms. The number of hydrogen-bond donors (Lipinski definition) is 1. The Balaban J connectivity index is 1.91. The number of likely N-dealkylation sites (N-methyl/N-ethyl adjacent to an activating group) is 1. The van der Waals surface area contributed by atoms with E-state index in [0.717, 1.165) is 25.2 Å². The molecule has 6 nitrogen and oxygen atoms in total. The van der Waals surface area contributed by atoms with Crippen LogP contribution in [-0.2, 0) is 0 Å². The minimum Gasteiger partial charge on any atom is -0.496 e. The van der Waals surface area contributed by atoms with E-state index in [1.165, 1.54) is 0 Å². The Bertz CT molecular complexity index is 631. The van der Waals surface area contributed by atoms with Gasteiger partial charge in [0.25, 0.3) is 5.89 Å². The molecule has 0 aliphatic carbocycles. The molecule has 2 heterocycles. The quantitative estimate of drug-likeness (QED) is 0.935. The van der Waals surface area contributed by atoms with Crippen LogP contribution in [0.2, 0.25) is 5.02 Å². The van der Waals surface area contributed by atoms with Crippen molar-refractivity contribution in [3.05, 3.63) is 29.0 Å².